The number of piperazine rings is 1. The summed E-state index contributed by atoms with van der Waals surface area (Å²) in [6.45, 7) is 7.13. The van der Waals surface area contributed by atoms with Crippen molar-refractivity contribution in [3.63, 3.8) is 0 Å². The standard InChI is InChI=1S/C14H22N2O5/c1-14(2,3)21-13(20)16-6-4-15(5-7-16)11(17)9-8-10(9)12(18)19/h9-10H,4-8H2,1-3H3,(H,18,19)/t9-,10-/m1/s1. The van der Waals surface area contributed by atoms with E-state index in [1.165, 1.54) is 0 Å². The van der Waals surface area contributed by atoms with Crippen LogP contribution in [0.5, 0.6) is 0 Å². The number of carbonyl (C=O) groups is 3. The van der Waals surface area contributed by atoms with E-state index in [4.69, 9.17) is 9.84 Å². The zero-order valence-corrected chi connectivity index (χ0v) is 12.7. The molecule has 0 aromatic carbocycles. The minimum Gasteiger partial charge on any atom is -0.481 e. The molecule has 1 N–H and O–H groups in total. The molecule has 0 bridgehead atoms. The van der Waals surface area contributed by atoms with E-state index in [1.54, 1.807) is 9.80 Å². The van der Waals surface area contributed by atoms with Crippen LogP contribution >= 0.6 is 0 Å². The van der Waals surface area contributed by atoms with Crippen molar-refractivity contribution >= 4 is 18.0 Å². The molecule has 7 nitrogen and oxygen atoms in total. The molecule has 1 saturated heterocycles. The molecular formula is C14H22N2O5. The van der Waals surface area contributed by atoms with Crippen LogP contribution < -0.4 is 0 Å². The molecular weight excluding hydrogens is 276 g/mol. The first-order valence-corrected chi connectivity index (χ1v) is 7.18. The van der Waals surface area contributed by atoms with Gasteiger partial charge in [-0.1, -0.05) is 0 Å². The van der Waals surface area contributed by atoms with Gasteiger partial charge in [0, 0.05) is 26.2 Å². The average Bonchev–Trinajstić information content (AvgIpc) is 3.16. The van der Waals surface area contributed by atoms with Crippen LogP contribution in [0.4, 0.5) is 4.79 Å². The molecule has 2 aliphatic rings. The Morgan fingerprint density at radius 1 is 1.00 bits per heavy atom. The first kappa shape index (κ1) is 15.6. The highest BCUT2D eigenvalue weighted by molar-refractivity contribution is 5.89. The Morgan fingerprint density at radius 3 is 1.95 bits per heavy atom. The lowest BCUT2D eigenvalue weighted by Crippen LogP contribution is -2.52. The molecule has 0 aromatic heterocycles. The Morgan fingerprint density at radius 2 is 1.52 bits per heavy atom. The van der Waals surface area contributed by atoms with Gasteiger partial charge >= 0.3 is 12.1 Å². The summed E-state index contributed by atoms with van der Waals surface area (Å²) in [5.74, 6) is -1.91. The van der Waals surface area contributed by atoms with Crippen molar-refractivity contribution in [1.29, 1.82) is 0 Å². The summed E-state index contributed by atoms with van der Waals surface area (Å²) in [4.78, 5) is 38.0. The van der Waals surface area contributed by atoms with E-state index >= 15 is 0 Å². The van der Waals surface area contributed by atoms with E-state index in [1.807, 2.05) is 20.8 Å². The Bertz CT molecular complexity index is 449. The molecule has 0 unspecified atom stereocenters. The van der Waals surface area contributed by atoms with Gasteiger partial charge < -0.3 is 19.6 Å². The van der Waals surface area contributed by atoms with E-state index in [0.717, 1.165) is 0 Å². The number of amides is 2. The summed E-state index contributed by atoms with van der Waals surface area (Å²) in [5.41, 5.74) is -0.535. The van der Waals surface area contributed by atoms with Crippen LogP contribution in [0.2, 0.25) is 0 Å². The second-order valence-corrected chi connectivity index (χ2v) is 6.58. The molecule has 0 aromatic rings. The Hall–Kier alpha value is -1.79. The molecule has 1 aliphatic heterocycles. The third kappa shape index (κ3) is 3.86. The fourth-order valence-corrected chi connectivity index (χ4v) is 2.41. The average molecular weight is 298 g/mol. The number of ether oxygens (including phenoxy) is 1. The SMILES string of the molecule is CC(C)(C)OC(=O)N1CCN(C(=O)[C@@H]2C[C@H]2C(=O)O)CC1. The van der Waals surface area contributed by atoms with Crippen molar-refractivity contribution in [2.75, 3.05) is 26.2 Å². The normalized spacial score (nSPS) is 25.5. The Labute approximate surface area is 123 Å². The van der Waals surface area contributed by atoms with Gasteiger partial charge in [0.25, 0.3) is 0 Å². The molecule has 2 atom stereocenters. The van der Waals surface area contributed by atoms with E-state index in [9.17, 15) is 14.4 Å². The van der Waals surface area contributed by atoms with E-state index < -0.39 is 17.5 Å². The van der Waals surface area contributed by atoms with Gasteiger partial charge in [-0.25, -0.2) is 4.79 Å². The monoisotopic (exact) mass is 298 g/mol. The number of aliphatic carboxylic acids is 1. The summed E-state index contributed by atoms with van der Waals surface area (Å²) in [6, 6.07) is 0. The second kappa shape index (κ2) is 5.54. The van der Waals surface area contributed by atoms with Gasteiger partial charge in [-0.2, -0.15) is 0 Å². The topological polar surface area (TPSA) is 87.2 Å². The van der Waals surface area contributed by atoms with Crippen LogP contribution in [-0.4, -0.2) is 64.7 Å². The number of nitrogens with zero attached hydrogens (tertiary/aromatic N) is 2. The molecule has 118 valence electrons. The van der Waals surface area contributed by atoms with Gasteiger partial charge in [-0.05, 0) is 27.2 Å². The molecule has 2 rings (SSSR count). The molecule has 21 heavy (non-hydrogen) atoms. The fourth-order valence-electron chi connectivity index (χ4n) is 2.41. The van der Waals surface area contributed by atoms with Crippen molar-refractivity contribution in [2.24, 2.45) is 11.8 Å². The predicted molar refractivity (Wildman–Crippen MR) is 73.6 cm³/mol. The van der Waals surface area contributed by atoms with Crippen LogP contribution in [0.3, 0.4) is 0 Å². The van der Waals surface area contributed by atoms with Crippen molar-refractivity contribution in [3.8, 4) is 0 Å². The van der Waals surface area contributed by atoms with Crippen LogP contribution in [-0.2, 0) is 14.3 Å². The molecule has 1 heterocycles. The molecule has 7 heteroatoms. The van der Waals surface area contributed by atoms with E-state index in [-0.39, 0.29) is 17.9 Å². The van der Waals surface area contributed by atoms with Crippen molar-refractivity contribution in [3.05, 3.63) is 0 Å². The molecule has 1 aliphatic carbocycles. The van der Waals surface area contributed by atoms with Crippen molar-refractivity contribution < 1.29 is 24.2 Å². The zero-order chi connectivity index (χ0) is 15.8. The summed E-state index contributed by atoms with van der Waals surface area (Å²) < 4.78 is 5.29. The lowest BCUT2D eigenvalue weighted by atomic mass is 10.2. The van der Waals surface area contributed by atoms with Gasteiger partial charge in [0.1, 0.15) is 5.60 Å². The van der Waals surface area contributed by atoms with Gasteiger partial charge in [0.15, 0.2) is 0 Å². The summed E-state index contributed by atoms with van der Waals surface area (Å²) in [7, 11) is 0. The highest BCUT2D eigenvalue weighted by Crippen LogP contribution is 2.40. The smallest absolute Gasteiger partial charge is 0.410 e. The highest BCUT2D eigenvalue weighted by Gasteiger charge is 2.50. The van der Waals surface area contributed by atoms with Crippen LogP contribution in [0.1, 0.15) is 27.2 Å². The maximum atomic E-state index is 12.1. The van der Waals surface area contributed by atoms with Crippen molar-refractivity contribution in [2.45, 2.75) is 32.8 Å². The second-order valence-electron chi connectivity index (χ2n) is 6.58. The number of hydrogen-bond donors (Lipinski definition) is 1. The van der Waals surface area contributed by atoms with E-state index in [2.05, 4.69) is 0 Å². The zero-order valence-electron chi connectivity index (χ0n) is 12.7. The lowest BCUT2D eigenvalue weighted by molar-refractivity contribution is -0.142. The number of carboxylic acid groups (broad SMARTS) is 1. The number of hydrogen-bond acceptors (Lipinski definition) is 4. The van der Waals surface area contributed by atoms with Crippen molar-refractivity contribution in [1.82, 2.24) is 9.80 Å². The summed E-state index contributed by atoms with van der Waals surface area (Å²) in [5, 5.41) is 8.85. The minimum atomic E-state index is -0.902. The summed E-state index contributed by atoms with van der Waals surface area (Å²) in [6.07, 6.45) is 0.0601. The molecule has 0 radical (unpaired) electrons. The highest BCUT2D eigenvalue weighted by atomic mass is 16.6. The van der Waals surface area contributed by atoms with Gasteiger partial charge in [0.05, 0.1) is 11.8 Å². The van der Waals surface area contributed by atoms with Gasteiger partial charge in [-0.3, -0.25) is 9.59 Å². The van der Waals surface area contributed by atoms with E-state index in [0.29, 0.717) is 32.6 Å². The quantitative estimate of drug-likeness (QED) is 0.814. The van der Waals surface area contributed by atoms with Crippen LogP contribution in [0.25, 0.3) is 0 Å². The summed E-state index contributed by atoms with van der Waals surface area (Å²) >= 11 is 0. The van der Waals surface area contributed by atoms with Gasteiger partial charge in [-0.15, -0.1) is 0 Å². The molecule has 1 saturated carbocycles. The predicted octanol–water partition coefficient (Wildman–Crippen LogP) is 0.786. The first-order chi connectivity index (χ1) is 9.69. The third-order valence-corrected chi connectivity index (χ3v) is 3.67. The fraction of sp³-hybridized carbons (Fsp3) is 0.786. The van der Waals surface area contributed by atoms with Crippen LogP contribution in [0, 0.1) is 11.8 Å². The maximum Gasteiger partial charge on any atom is 0.410 e. The number of carbonyl (C=O) groups excluding carboxylic acids is 2. The van der Waals surface area contributed by atoms with Crippen LogP contribution in [0.15, 0.2) is 0 Å². The molecule has 2 amide bonds. The Balaban J connectivity index is 1.80. The third-order valence-electron chi connectivity index (χ3n) is 3.67. The maximum absolute atomic E-state index is 12.1. The minimum absolute atomic E-state index is 0.105. The largest absolute Gasteiger partial charge is 0.481 e. The molecule has 0 spiro atoms. The van der Waals surface area contributed by atoms with Gasteiger partial charge in [0.2, 0.25) is 5.91 Å². The number of rotatable bonds is 2. The Kier molecular flexibility index (Phi) is 4.11. The number of carboxylic acids is 1. The molecule has 2 fully saturated rings. The lowest BCUT2D eigenvalue weighted by Gasteiger charge is -2.35. The first-order valence-electron chi connectivity index (χ1n) is 7.18.